The Kier molecular flexibility index (Phi) is 8.97. The van der Waals surface area contributed by atoms with Crippen LogP contribution < -0.4 is 0 Å². The molecule has 1 fully saturated rings. The van der Waals surface area contributed by atoms with Crippen LogP contribution in [-0.4, -0.2) is 11.1 Å². The second-order valence-electron chi connectivity index (χ2n) is 7.00. The third kappa shape index (κ3) is 7.91. The zero-order valence-corrected chi connectivity index (χ0v) is 13.6. The van der Waals surface area contributed by atoms with Crippen molar-refractivity contribution in [2.45, 2.75) is 90.9 Å². The number of hydrogen-bond donors (Lipinski definition) is 1. The van der Waals surface area contributed by atoms with Crippen LogP contribution in [0.3, 0.4) is 0 Å². The second-order valence-corrected chi connectivity index (χ2v) is 7.00. The van der Waals surface area contributed by atoms with Gasteiger partial charge in [0.25, 0.3) is 0 Å². The average molecular weight is 282 g/mol. The van der Waals surface area contributed by atoms with Gasteiger partial charge in [-0.05, 0) is 24.2 Å². The molecule has 0 unspecified atom stereocenters. The molecule has 0 bridgehead atoms. The molecule has 1 aliphatic rings. The molecule has 2 heteroatoms. The predicted octanol–water partition coefficient (Wildman–Crippen LogP) is 5.65. The lowest BCUT2D eigenvalue weighted by Crippen LogP contribution is -2.14. The van der Waals surface area contributed by atoms with Crippen LogP contribution in [0.5, 0.6) is 0 Å². The van der Waals surface area contributed by atoms with Crippen LogP contribution in [-0.2, 0) is 4.79 Å². The Balaban J connectivity index is 2.02. The van der Waals surface area contributed by atoms with Crippen molar-refractivity contribution in [1.29, 1.82) is 0 Å². The van der Waals surface area contributed by atoms with E-state index in [1.165, 1.54) is 64.2 Å². The van der Waals surface area contributed by atoms with Crippen molar-refractivity contribution in [3.8, 4) is 0 Å². The Morgan fingerprint density at radius 3 is 2.10 bits per heavy atom. The molecule has 0 aromatic heterocycles. The van der Waals surface area contributed by atoms with Crippen molar-refractivity contribution < 1.29 is 9.90 Å². The molecule has 0 aromatic carbocycles. The largest absolute Gasteiger partial charge is 0.481 e. The van der Waals surface area contributed by atoms with Crippen LogP contribution >= 0.6 is 0 Å². The summed E-state index contributed by atoms with van der Waals surface area (Å²) < 4.78 is 0. The molecule has 0 spiro atoms. The highest BCUT2D eigenvalue weighted by molar-refractivity contribution is 5.66. The molecule has 1 rings (SSSR count). The Labute approximate surface area is 125 Å². The van der Waals surface area contributed by atoms with Gasteiger partial charge in [0.15, 0.2) is 0 Å². The standard InChI is InChI=1S/C18H34O2/c1-3-4-7-16-10-12-17(13-11-16)8-5-6-15(2)9-14-18(19)20/h15-17H,3-14H2,1-2H3,(H,19,20)/t15-,16?,17?/m1/s1. The third-order valence-electron chi connectivity index (χ3n) is 5.09. The van der Waals surface area contributed by atoms with Crippen molar-refractivity contribution in [3.63, 3.8) is 0 Å². The van der Waals surface area contributed by atoms with Gasteiger partial charge in [-0.2, -0.15) is 0 Å². The molecule has 0 aromatic rings. The third-order valence-corrected chi connectivity index (χ3v) is 5.09. The second kappa shape index (κ2) is 10.2. The number of hydrogen-bond acceptors (Lipinski definition) is 1. The van der Waals surface area contributed by atoms with Gasteiger partial charge in [-0.1, -0.05) is 78.1 Å². The first kappa shape index (κ1) is 17.5. The van der Waals surface area contributed by atoms with Crippen LogP contribution in [0, 0.1) is 17.8 Å². The molecule has 1 saturated carbocycles. The fraction of sp³-hybridized carbons (Fsp3) is 0.944. The van der Waals surface area contributed by atoms with Gasteiger partial charge in [0.2, 0.25) is 0 Å². The van der Waals surface area contributed by atoms with E-state index in [9.17, 15) is 4.79 Å². The van der Waals surface area contributed by atoms with Crippen molar-refractivity contribution in [3.05, 3.63) is 0 Å². The van der Waals surface area contributed by atoms with E-state index in [1.54, 1.807) is 0 Å². The minimum atomic E-state index is -0.651. The quantitative estimate of drug-likeness (QED) is 0.562. The first-order valence-electron chi connectivity index (χ1n) is 8.83. The molecule has 1 atom stereocenters. The lowest BCUT2D eigenvalue weighted by Gasteiger charge is -2.28. The number of carbonyl (C=O) groups is 1. The Morgan fingerprint density at radius 2 is 1.60 bits per heavy atom. The van der Waals surface area contributed by atoms with Gasteiger partial charge in [0, 0.05) is 6.42 Å². The normalized spacial score (nSPS) is 24.5. The summed E-state index contributed by atoms with van der Waals surface area (Å²) in [6.07, 6.45) is 15.1. The zero-order chi connectivity index (χ0) is 14.8. The van der Waals surface area contributed by atoms with Crippen molar-refractivity contribution in [2.24, 2.45) is 17.8 Å². The summed E-state index contributed by atoms with van der Waals surface area (Å²) in [4.78, 5) is 10.5. The predicted molar refractivity (Wildman–Crippen MR) is 84.9 cm³/mol. The molecule has 1 N–H and O–H groups in total. The van der Waals surface area contributed by atoms with E-state index in [0.29, 0.717) is 12.3 Å². The summed E-state index contributed by atoms with van der Waals surface area (Å²) in [6, 6.07) is 0. The highest BCUT2D eigenvalue weighted by atomic mass is 16.4. The van der Waals surface area contributed by atoms with E-state index in [2.05, 4.69) is 13.8 Å². The Hall–Kier alpha value is -0.530. The first-order chi connectivity index (χ1) is 9.61. The monoisotopic (exact) mass is 282 g/mol. The highest BCUT2D eigenvalue weighted by Crippen LogP contribution is 2.34. The minimum Gasteiger partial charge on any atom is -0.481 e. The number of rotatable bonds is 10. The maximum atomic E-state index is 10.5. The average Bonchev–Trinajstić information content (AvgIpc) is 2.44. The first-order valence-corrected chi connectivity index (χ1v) is 8.83. The molecular weight excluding hydrogens is 248 g/mol. The van der Waals surface area contributed by atoms with Crippen LogP contribution in [0.15, 0.2) is 0 Å². The summed E-state index contributed by atoms with van der Waals surface area (Å²) in [5.41, 5.74) is 0. The minimum absolute atomic E-state index is 0.337. The Bertz CT molecular complexity index is 254. The maximum absolute atomic E-state index is 10.5. The lowest BCUT2D eigenvalue weighted by molar-refractivity contribution is -0.137. The van der Waals surface area contributed by atoms with Crippen molar-refractivity contribution >= 4 is 5.97 Å². The SMILES string of the molecule is CCCCC1CCC(CCC[C@@H](C)CCC(=O)O)CC1. The highest BCUT2D eigenvalue weighted by Gasteiger charge is 2.20. The van der Waals surface area contributed by atoms with E-state index in [-0.39, 0.29) is 0 Å². The molecule has 0 saturated heterocycles. The summed E-state index contributed by atoms with van der Waals surface area (Å²) in [6.45, 7) is 4.49. The number of unbranched alkanes of at least 4 members (excludes halogenated alkanes) is 1. The number of carboxylic acid groups (broad SMARTS) is 1. The fourth-order valence-corrected chi connectivity index (χ4v) is 3.57. The van der Waals surface area contributed by atoms with Gasteiger partial charge in [-0.15, -0.1) is 0 Å². The van der Waals surface area contributed by atoms with Gasteiger partial charge in [-0.3, -0.25) is 4.79 Å². The topological polar surface area (TPSA) is 37.3 Å². The molecule has 20 heavy (non-hydrogen) atoms. The summed E-state index contributed by atoms with van der Waals surface area (Å²) in [5, 5.41) is 8.68. The van der Waals surface area contributed by atoms with Crippen molar-refractivity contribution in [1.82, 2.24) is 0 Å². The van der Waals surface area contributed by atoms with E-state index in [0.717, 1.165) is 18.3 Å². The van der Waals surface area contributed by atoms with Crippen LogP contribution in [0.2, 0.25) is 0 Å². The molecule has 118 valence electrons. The van der Waals surface area contributed by atoms with Gasteiger partial charge in [0.1, 0.15) is 0 Å². The smallest absolute Gasteiger partial charge is 0.303 e. The van der Waals surface area contributed by atoms with E-state index >= 15 is 0 Å². The summed E-state index contributed by atoms with van der Waals surface area (Å²) in [5.74, 6) is 1.90. The number of carboxylic acids is 1. The fourth-order valence-electron chi connectivity index (χ4n) is 3.57. The molecule has 2 nitrogen and oxygen atoms in total. The number of aliphatic carboxylic acids is 1. The molecule has 0 amide bonds. The summed E-state index contributed by atoms with van der Waals surface area (Å²) in [7, 11) is 0. The van der Waals surface area contributed by atoms with Crippen LogP contribution in [0.25, 0.3) is 0 Å². The van der Waals surface area contributed by atoms with E-state index in [4.69, 9.17) is 5.11 Å². The van der Waals surface area contributed by atoms with Crippen molar-refractivity contribution in [2.75, 3.05) is 0 Å². The molecule has 0 aliphatic heterocycles. The molecular formula is C18H34O2. The molecule has 1 aliphatic carbocycles. The summed E-state index contributed by atoms with van der Waals surface area (Å²) >= 11 is 0. The van der Waals surface area contributed by atoms with Gasteiger partial charge in [-0.25, -0.2) is 0 Å². The lowest BCUT2D eigenvalue weighted by atomic mass is 9.77. The van der Waals surface area contributed by atoms with Crippen LogP contribution in [0.1, 0.15) is 90.9 Å². The van der Waals surface area contributed by atoms with Crippen LogP contribution in [0.4, 0.5) is 0 Å². The zero-order valence-electron chi connectivity index (χ0n) is 13.6. The molecule has 0 heterocycles. The Morgan fingerprint density at radius 1 is 1.05 bits per heavy atom. The maximum Gasteiger partial charge on any atom is 0.303 e. The molecule has 0 radical (unpaired) electrons. The van der Waals surface area contributed by atoms with Gasteiger partial charge < -0.3 is 5.11 Å². The van der Waals surface area contributed by atoms with Gasteiger partial charge >= 0.3 is 5.97 Å². The van der Waals surface area contributed by atoms with E-state index in [1.807, 2.05) is 0 Å². The van der Waals surface area contributed by atoms with E-state index < -0.39 is 5.97 Å². The van der Waals surface area contributed by atoms with Gasteiger partial charge in [0.05, 0.1) is 0 Å².